The maximum absolute atomic E-state index is 13.1. The first-order valence-electron chi connectivity index (χ1n) is 9.10. The summed E-state index contributed by atoms with van der Waals surface area (Å²) in [5.74, 6) is 2.29. The standard InChI is InChI=1S/C13H11ClF3NO.C8H5ClF3NO/c14-9-3-4-11(18)10(7-9)12(19,13(15,16)17)6-5-8-1-2-8;9-4-1-2-6(13)5(3-4)7(14)8(10,11)12/h3-4,7-8,19H,1-2,18H2;1-3H,13H2/t12-;/m0./s1. The summed E-state index contributed by atoms with van der Waals surface area (Å²) in [6.45, 7) is 0. The van der Waals surface area contributed by atoms with E-state index in [-0.39, 0.29) is 27.3 Å². The van der Waals surface area contributed by atoms with E-state index in [0.29, 0.717) is 0 Å². The Hall–Kier alpha value is -2.61. The quantitative estimate of drug-likeness (QED) is 0.207. The molecule has 0 heterocycles. The van der Waals surface area contributed by atoms with Crippen molar-refractivity contribution < 1.29 is 36.2 Å². The molecule has 0 aromatic heterocycles. The van der Waals surface area contributed by atoms with Crippen molar-refractivity contribution in [1.29, 1.82) is 0 Å². The number of hydrogen-bond acceptors (Lipinski definition) is 4. The Morgan fingerprint density at radius 3 is 1.94 bits per heavy atom. The van der Waals surface area contributed by atoms with Crippen LogP contribution in [0.3, 0.4) is 0 Å². The fourth-order valence-corrected chi connectivity index (χ4v) is 2.79. The number of ketones is 1. The van der Waals surface area contributed by atoms with E-state index < -0.39 is 34.9 Å². The summed E-state index contributed by atoms with van der Waals surface area (Å²) < 4.78 is 75.4. The number of alkyl halides is 6. The molecule has 0 unspecified atom stereocenters. The van der Waals surface area contributed by atoms with Gasteiger partial charge in [-0.2, -0.15) is 26.3 Å². The number of anilines is 2. The van der Waals surface area contributed by atoms with E-state index in [0.717, 1.165) is 31.0 Å². The first kappa shape index (κ1) is 26.6. The van der Waals surface area contributed by atoms with Crippen LogP contribution in [-0.4, -0.2) is 23.2 Å². The number of nitrogen functional groups attached to an aromatic ring is 2. The minimum Gasteiger partial charge on any atom is -0.398 e. The summed E-state index contributed by atoms with van der Waals surface area (Å²) in [4.78, 5) is 10.8. The fraction of sp³-hybridized carbons (Fsp3) is 0.286. The molecule has 0 amide bonds. The fourth-order valence-electron chi connectivity index (χ4n) is 2.44. The van der Waals surface area contributed by atoms with Crippen LogP contribution in [0.5, 0.6) is 0 Å². The van der Waals surface area contributed by atoms with Crippen LogP contribution in [0.1, 0.15) is 28.8 Å². The number of aliphatic hydroxyl groups is 1. The predicted octanol–water partition coefficient (Wildman–Crippen LogP) is 5.75. The molecule has 1 fully saturated rings. The average Bonchev–Trinajstić information content (AvgIpc) is 3.53. The highest BCUT2D eigenvalue weighted by Gasteiger charge is 2.55. The molecule has 0 radical (unpaired) electrons. The van der Waals surface area contributed by atoms with Crippen LogP contribution in [0.25, 0.3) is 0 Å². The van der Waals surface area contributed by atoms with Crippen molar-refractivity contribution in [1.82, 2.24) is 0 Å². The Kier molecular flexibility index (Phi) is 7.84. The van der Waals surface area contributed by atoms with Crippen LogP contribution in [0.4, 0.5) is 37.7 Å². The first-order chi connectivity index (χ1) is 15.1. The van der Waals surface area contributed by atoms with Gasteiger partial charge in [0.05, 0.1) is 5.56 Å². The van der Waals surface area contributed by atoms with Crippen molar-refractivity contribution in [2.24, 2.45) is 5.92 Å². The van der Waals surface area contributed by atoms with Gasteiger partial charge >= 0.3 is 12.4 Å². The lowest BCUT2D eigenvalue weighted by Gasteiger charge is -2.27. The van der Waals surface area contributed by atoms with Gasteiger partial charge in [-0.15, -0.1) is 0 Å². The molecule has 1 aliphatic rings. The minimum absolute atomic E-state index is 0.0341. The lowest BCUT2D eigenvalue weighted by atomic mass is 9.92. The van der Waals surface area contributed by atoms with Gasteiger partial charge in [0.25, 0.3) is 5.78 Å². The largest absolute Gasteiger partial charge is 0.454 e. The van der Waals surface area contributed by atoms with Crippen molar-refractivity contribution in [2.45, 2.75) is 30.8 Å². The van der Waals surface area contributed by atoms with Gasteiger partial charge < -0.3 is 16.6 Å². The normalized spacial score (nSPS) is 15.4. The SMILES string of the molecule is Nc1ccc(Cl)cc1C(=O)C(F)(F)F.Nc1ccc(Cl)cc1[C@@](O)(C#CC1CC1)C(F)(F)F. The van der Waals surface area contributed by atoms with Gasteiger partial charge in [0.15, 0.2) is 0 Å². The van der Waals surface area contributed by atoms with E-state index in [4.69, 9.17) is 34.7 Å². The molecule has 0 spiro atoms. The number of carbonyl (C=O) groups is 1. The number of Topliss-reactive ketones (excluding diaryl/α,β-unsaturated/α-hetero) is 1. The molecule has 0 saturated heterocycles. The maximum Gasteiger partial charge on any atom is 0.454 e. The Morgan fingerprint density at radius 1 is 0.939 bits per heavy atom. The molecular formula is C21H16Cl2F6N2O2. The third-order valence-electron chi connectivity index (χ3n) is 4.37. The molecule has 33 heavy (non-hydrogen) atoms. The average molecular weight is 513 g/mol. The Balaban J connectivity index is 0.000000245. The summed E-state index contributed by atoms with van der Waals surface area (Å²) in [6, 6.07) is 6.92. The van der Waals surface area contributed by atoms with Gasteiger partial charge in [-0.05, 0) is 49.2 Å². The summed E-state index contributed by atoms with van der Waals surface area (Å²) in [6.07, 6.45) is -8.37. The van der Waals surface area contributed by atoms with E-state index in [2.05, 4.69) is 5.92 Å². The molecule has 0 bridgehead atoms. The zero-order chi connectivity index (χ0) is 25.2. The molecule has 178 valence electrons. The van der Waals surface area contributed by atoms with Crippen molar-refractivity contribution in [3.63, 3.8) is 0 Å². The molecule has 3 rings (SSSR count). The van der Waals surface area contributed by atoms with Crippen molar-refractivity contribution in [3.05, 3.63) is 57.6 Å². The van der Waals surface area contributed by atoms with Gasteiger partial charge in [-0.25, -0.2) is 0 Å². The topological polar surface area (TPSA) is 89.3 Å². The summed E-state index contributed by atoms with van der Waals surface area (Å²) in [5, 5.41) is 10.1. The minimum atomic E-state index is -4.95. The lowest BCUT2D eigenvalue weighted by Crippen LogP contribution is -2.41. The summed E-state index contributed by atoms with van der Waals surface area (Å²) in [5.41, 5.74) is 5.84. The highest BCUT2D eigenvalue weighted by atomic mass is 35.5. The molecule has 2 aromatic rings. The highest BCUT2D eigenvalue weighted by Crippen LogP contribution is 2.42. The van der Waals surface area contributed by atoms with E-state index in [1.54, 1.807) is 0 Å². The van der Waals surface area contributed by atoms with Crippen LogP contribution in [0, 0.1) is 17.8 Å². The first-order valence-corrected chi connectivity index (χ1v) is 9.85. The second-order valence-corrected chi connectivity index (χ2v) is 7.91. The van der Waals surface area contributed by atoms with Crippen LogP contribution >= 0.6 is 23.2 Å². The molecular weight excluding hydrogens is 497 g/mol. The zero-order valence-corrected chi connectivity index (χ0v) is 18.0. The molecule has 4 nitrogen and oxygen atoms in total. The number of hydrogen-bond donors (Lipinski definition) is 3. The van der Waals surface area contributed by atoms with Gasteiger partial charge in [-0.3, -0.25) is 4.79 Å². The third kappa shape index (κ3) is 6.69. The molecule has 0 aliphatic heterocycles. The van der Waals surface area contributed by atoms with Gasteiger partial charge in [0, 0.05) is 32.9 Å². The van der Waals surface area contributed by atoms with Crippen molar-refractivity contribution >= 4 is 40.4 Å². The predicted molar refractivity (Wildman–Crippen MR) is 113 cm³/mol. The van der Waals surface area contributed by atoms with Crippen LogP contribution < -0.4 is 11.5 Å². The van der Waals surface area contributed by atoms with Crippen molar-refractivity contribution in [2.75, 3.05) is 11.5 Å². The monoisotopic (exact) mass is 512 g/mol. The third-order valence-corrected chi connectivity index (χ3v) is 4.84. The molecule has 1 atom stereocenters. The number of carbonyl (C=O) groups excluding carboxylic acids is 1. The summed E-state index contributed by atoms with van der Waals surface area (Å²) >= 11 is 11.1. The van der Waals surface area contributed by atoms with Crippen LogP contribution in [0.15, 0.2) is 36.4 Å². The second kappa shape index (κ2) is 9.71. The Bertz CT molecular complexity index is 1100. The van der Waals surface area contributed by atoms with E-state index in [1.165, 1.54) is 18.2 Å². The highest BCUT2D eigenvalue weighted by molar-refractivity contribution is 6.31. The zero-order valence-electron chi connectivity index (χ0n) is 16.5. The van der Waals surface area contributed by atoms with Gasteiger partial charge in [0.2, 0.25) is 5.60 Å². The molecule has 1 aliphatic carbocycles. The molecule has 2 aromatic carbocycles. The van der Waals surface area contributed by atoms with Crippen molar-refractivity contribution in [3.8, 4) is 11.8 Å². The lowest BCUT2D eigenvalue weighted by molar-refractivity contribution is -0.240. The van der Waals surface area contributed by atoms with Crippen LogP contribution in [0.2, 0.25) is 10.0 Å². The van der Waals surface area contributed by atoms with E-state index >= 15 is 0 Å². The Morgan fingerprint density at radius 2 is 1.45 bits per heavy atom. The van der Waals surface area contributed by atoms with Gasteiger partial charge in [-0.1, -0.05) is 35.0 Å². The van der Waals surface area contributed by atoms with Crippen LogP contribution in [-0.2, 0) is 5.60 Å². The van der Waals surface area contributed by atoms with E-state index in [1.807, 2.05) is 5.92 Å². The van der Waals surface area contributed by atoms with E-state index in [9.17, 15) is 36.2 Å². The number of rotatable bonds is 2. The molecule has 1 saturated carbocycles. The molecule has 5 N–H and O–H groups in total. The maximum atomic E-state index is 13.1. The smallest absolute Gasteiger partial charge is 0.398 e. The van der Waals surface area contributed by atoms with Gasteiger partial charge in [0.1, 0.15) is 0 Å². The number of nitrogens with two attached hydrogens (primary N) is 2. The second-order valence-electron chi connectivity index (χ2n) is 7.04. The number of benzene rings is 2. The Labute approximate surface area is 194 Å². The molecule has 12 heteroatoms. The summed E-state index contributed by atoms with van der Waals surface area (Å²) in [7, 11) is 0. The number of halogens is 8.